The van der Waals surface area contributed by atoms with Gasteiger partial charge in [0.2, 0.25) is 0 Å². The number of urea groups is 1. The molecule has 0 unspecified atom stereocenters. The fraction of sp³-hybridized carbons (Fsp3) is 0.286. The van der Waals surface area contributed by atoms with Crippen molar-refractivity contribution in [3.05, 3.63) is 17.3 Å². The number of nitrogens with zero attached hydrogens (tertiary/aromatic N) is 3. The summed E-state index contributed by atoms with van der Waals surface area (Å²) in [5, 5.41) is 7.59. The Morgan fingerprint density at radius 3 is 2.69 bits per heavy atom. The molecule has 1 aromatic rings. The number of amides is 2. The van der Waals surface area contributed by atoms with Gasteiger partial charge in [0, 0.05) is 6.54 Å². The first-order chi connectivity index (χ1) is 6.15. The lowest BCUT2D eigenvalue weighted by atomic mass is 10.4. The van der Waals surface area contributed by atoms with E-state index < -0.39 is 6.03 Å². The molecule has 1 rings (SSSR count). The number of primary amides is 1. The molecular formula is C7H9ClN4O. The van der Waals surface area contributed by atoms with Crippen LogP contribution in [0.1, 0.15) is 6.92 Å². The molecule has 0 saturated heterocycles. The molecule has 0 fully saturated rings. The molecule has 0 aliphatic carbocycles. The van der Waals surface area contributed by atoms with Crippen molar-refractivity contribution >= 4 is 23.4 Å². The zero-order chi connectivity index (χ0) is 9.84. The highest BCUT2D eigenvalue weighted by atomic mass is 35.5. The summed E-state index contributed by atoms with van der Waals surface area (Å²) in [7, 11) is 0. The molecule has 70 valence electrons. The average molecular weight is 201 g/mol. The largest absolute Gasteiger partial charge is 0.351 e. The molecule has 5 nitrogen and oxygen atoms in total. The Morgan fingerprint density at radius 2 is 2.31 bits per heavy atom. The number of carbonyl (C=O) groups is 1. The van der Waals surface area contributed by atoms with E-state index >= 15 is 0 Å². The Balaban J connectivity index is 2.92. The third kappa shape index (κ3) is 2.29. The second kappa shape index (κ2) is 4.04. The van der Waals surface area contributed by atoms with Crippen molar-refractivity contribution in [2.24, 2.45) is 5.73 Å². The van der Waals surface area contributed by atoms with Crippen LogP contribution >= 0.6 is 11.6 Å². The number of hydrogen-bond acceptors (Lipinski definition) is 3. The molecule has 2 amide bonds. The van der Waals surface area contributed by atoms with Gasteiger partial charge in [-0.2, -0.15) is 0 Å². The maximum absolute atomic E-state index is 10.9. The van der Waals surface area contributed by atoms with Crippen LogP contribution in [0, 0.1) is 0 Å². The molecule has 0 radical (unpaired) electrons. The third-order valence-electron chi connectivity index (χ3n) is 1.48. The summed E-state index contributed by atoms with van der Waals surface area (Å²) in [6.45, 7) is 2.24. The Morgan fingerprint density at radius 1 is 1.62 bits per heavy atom. The van der Waals surface area contributed by atoms with Crippen LogP contribution in [0.25, 0.3) is 0 Å². The van der Waals surface area contributed by atoms with Crippen LogP contribution in [0.15, 0.2) is 12.1 Å². The lowest BCUT2D eigenvalue weighted by molar-refractivity contribution is 0.254. The lowest BCUT2D eigenvalue weighted by Gasteiger charge is -2.15. The molecule has 13 heavy (non-hydrogen) atoms. The molecular weight excluding hydrogens is 192 g/mol. The predicted molar refractivity (Wildman–Crippen MR) is 49.6 cm³/mol. The fourth-order valence-corrected chi connectivity index (χ4v) is 0.984. The number of rotatable bonds is 2. The van der Waals surface area contributed by atoms with Crippen molar-refractivity contribution < 1.29 is 4.79 Å². The zero-order valence-corrected chi connectivity index (χ0v) is 7.82. The van der Waals surface area contributed by atoms with Crippen LogP contribution in [0.5, 0.6) is 0 Å². The van der Waals surface area contributed by atoms with Gasteiger partial charge in [0.15, 0.2) is 11.0 Å². The van der Waals surface area contributed by atoms with Gasteiger partial charge in [0.25, 0.3) is 0 Å². The minimum absolute atomic E-state index is 0.282. The van der Waals surface area contributed by atoms with Gasteiger partial charge in [-0.05, 0) is 19.1 Å². The van der Waals surface area contributed by atoms with Gasteiger partial charge < -0.3 is 5.73 Å². The number of halogens is 1. The summed E-state index contributed by atoms with van der Waals surface area (Å²) in [4.78, 5) is 12.2. The van der Waals surface area contributed by atoms with E-state index in [1.165, 1.54) is 4.90 Å². The van der Waals surface area contributed by atoms with Gasteiger partial charge in [-0.3, -0.25) is 4.90 Å². The molecule has 0 aromatic carbocycles. The predicted octanol–water partition coefficient (Wildman–Crippen LogP) is 1.04. The summed E-state index contributed by atoms with van der Waals surface area (Å²) in [5.74, 6) is 0.402. The van der Waals surface area contributed by atoms with E-state index in [2.05, 4.69) is 10.2 Å². The second-order valence-corrected chi connectivity index (χ2v) is 2.68. The first kappa shape index (κ1) is 9.73. The topological polar surface area (TPSA) is 72.1 Å². The lowest BCUT2D eigenvalue weighted by Crippen LogP contribution is -2.36. The van der Waals surface area contributed by atoms with E-state index in [1.807, 2.05) is 0 Å². The smallest absolute Gasteiger partial charge is 0.320 e. The van der Waals surface area contributed by atoms with E-state index in [0.29, 0.717) is 12.4 Å². The SMILES string of the molecule is CCN(C(N)=O)c1ccc(Cl)nn1. The molecule has 0 spiro atoms. The van der Waals surface area contributed by atoms with Gasteiger partial charge in [-0.1, -0.05) is 11.6 Å². The van der Waals surface area contributed by atoms with Gasteiger partial charge >= 0.3 is 6.03 Å². The van der Waals surface area contributed by atoms with Gasteiger partial charge in [0.05, 0.1) is 0 Å². The van der Waals surface area contributed by atoms with Crippen molar-refractivity contribution in [2.75, 3.05) is 11.4 Å². The standard InChI is InChI=1S/C7H9ClN4O/c1-2-12(7(9)13)6-4-3-5(8)10-11-6/h3-4H,2H2,1H3,(H2,9,13). The Labute approximate surface area is 80.5 Å². The number of aromatic nitrogens is 2. The highest BCUT2D eigenvalue weighted by Gasteiger charge is 2.10. The molecule has 0 bridgehead atoms. The summed E-state index contributed by atoms with van der Waals surface area (Å²) < 4.78 is 0. The van der Waals surface area contributed by atoms with Crippen molar-refractivity contribution in [3.8, 4) is 0 Å². The number of carbonyl (C=O) groups excluding carboxylic acids is 1. The minimum Gasteiger partial charge on any atom is -0.351 e. The highest BCUT2D eigenvalue weighted by Crippen LogP contribution is 2.10. The van der Waals surface area contributed by atoms with Crippen molar-refractivity contribution in [2.45, 2.75) is 6.92 Å². The Hall–Kier alpha value is -1.36. The summed E-state index contributed by atoms with van der Waals surface area (Å²) in [6.07, 6.45) is 0. The van der Waals surface area contributed by atoms with Crippen LogP contribution in [-0.4, -0.2) is 22.8 Å². The molecule has 0 saturated carbocycles. The summed E-state index contributed by atoms with van der Waals surface area (Å²) in [5.41, 5.74) is 5.10. The van der Waals surface area contributed by atoms with Crippen LogP contribution in [0.4, 0.5) is 10.6 Å². The van der Waals surface area contributed by atoms with Crippen molar-refractivity contribution in [1.82, 2.24) is 10.2 Å². The van der Waals surface area contributed by atoms with Crippen molar-refractivity contribution in [3.63, 3.8) is 0 Å². The molecule has 6 heteroatoms. The summed E-state index contributed by atoms with van der Waals surface area (Å²) >= 11 is 5.53. The maximum Gasteiger partial charge on any atom is 0.320 e. The second-order valence-electron chi connectivity index (χ2n) is 2.30. The number of anilines is 1. The van der Waals surface area contributed by atoms with E-state index in [-0.39, 0.29) is 5.15 Å². The van der Waals surface area contributed by atoms with Crippen LogP contribution in [-0.2, 0) is 0 Å². The quantitative estimate of drug-likeness (QED) is 0.775. The molecule has 2 N–H and O–H groups in total. The molecule has 1 aromatic heterocycles. The molecule has 0 aliphatic rings. The third-order valence-corrected chi connectivity index (χ3v) is 1.68. The van der Waals surface area contributed by atoms with Crippen LogP contribution < -0.4 is 10.6 Å². The van der Waals surface area contributed by atoms with E-state index in [0.717, 1.165) is 0 Å². The van der Waals surface area contributed by atoms with E-state index in [4.69, 9.17) is 17.3 Å². The molecule has 0 atom stereocenters. The first-order valence-corrected chi connectivity index (χ1v) is 4.09. The van der Waals surface area contributed by atoms with Gasteiger partial charge in [0.1, 0.15) is 0 Å². The maximum atomic E-state index is 10.9. The molecule has 1 heterocycles. The van der Waals surface area contributed by atoms with Crippen LogP contribution in [0.2, 0.25) is 5.15 Å². The summed E-state index contributed by atoms with van der Waals surface area (Å²) in [6, 6.07) is 2.58. The average Bonchev–Trinajstić information content (AvgIpc) is 2.09. The van der Waals surface area contributed by atoms with E-state index in [9.17, 15) is 4.79 Å². The van der Waals surface area contributed by atoms with Crippen molar-refractivity contribution in [1.29, 1.82) is 0 Å². The number of hydrogen-bond donors (Lipinski definition) is 1. The molecule has 0 aliphatic heterocycles. The minimum atomic E-state index is -0.556. The first-order valence-electron chi connectivity index (χ1n) is 3.71. The van der Waals surface area contributed by atoms with E-state index in [1.54, 1.807) is 19.1 Å². The monoisotopic (exact) mass is 200 g/mol. The highest BCUT2D eigenvalue weighted by molar-refractivity contribution is 6.29. The van der Waals surface area contributed by atoms with Crippen LogP contribution in [0.3, 0.4) is 0 Å². The zero-order valence-electron chi connectivity index (χ0n) is 7.07. The Bertz CT molecular complexity index is 300. The normalized spacial score (nSPS) is 9.69. The van der Waals surface area contributed by atoms with Gasteiger partial charge in [-0.15, -0.1) is 10.2 Å². The Kier molecular flexibility index (Phi) is 3.02. The fourth-order valence-electron chi connectivity index (χ4n) is 0.884. The van der Waals surface area contributed by atoms with Gasteiger partial charge in [-0.25, -0.2) is 4.79 Å². The number of nitrogens with two attached hydrogens (primary N) is 1.